The van der Waals surface area contributed by atoms with Crippen LogP contribution in [0.1, 0.15) is 50.2 Å². The monoisotopic (exact) mass is 290 g/mol. The summed E-state index contributed by atoms with van der Waals surface area (Å²) in [5, 5.41) is 0. The molecule has 3 nitrogen and oxygen atoms in total. The summed E-state index contributed by atoms with van der Waals surface area (Å²) in [5.74, 6) is 1.42. The van der Waals surface area contributed by atoms with Crippen LogP contribution in [0, 0.1) is 6.92 Å². The Bertz CT molecular complexity index is 447. The third kappa shape index (κ3) is 3.78. The average Bonchev–Trinajstić information content (AvgIpc) is 2.51. The third-order valence-corrected chi connectivity index (χ3v) is 4.72. The van der Waals surface area contributed by atoms with E-state index < -0.39 is 0 Å². The summed E-state index contributed by atoms with van der Waals surface area (Å²) in [6.45, 7) is 10.2. The van der Waals surface area contributed by atoms with Gasteiger partial charge in [0.2, 0.25) is 0 Å². The maximum absolute atomic E-state index is 6.14. The number of hydrogen-bond acceptors (Lipinski definition) is 3. The van der Waals surface area contributed by atoms with Gasteiger partial charge in [0, 0.05) is 18.5 Å². The van der Waals surface area contributed by atoms with Crippen molar-refractivity contribution in [3.8, 4) is 5.75 Å². The van der Waals surface area contributed by atoms with Gasteiger partial charge in [0.25, 0.3) is 0 Å². The number of nitrogens with zero attached hydrogens (tertiary/aromatic N) is 1. The van der Waals surface area contributed by atoms with E-state index >= 15 is 0 Å². The van der Waals surface area contributed by atoms with Crippen molar-refractivity contribution in [2.45, 2.75) is 52.0 Å². The lowest BCUT2D eigenvalue weighted by molar-refractivity contribution is 0.134. The molecule has 0 spiro atoms. The number of rotatable bonds is 6. The minimum Gasteiger partial charge on any atom is -0.494 e. The maximum atomic E-state index is 6.14. The van der Waals surface area contributed by atoms with Crippen LogP contribution in [0.25, 0.3) is 0 Å². The van der Waals surface area contributed by atoms with E-state index in [-0.39, 0.29) is 0 Å². The van der Waals surface area contributed by atoms with Gasteiger partial charge in [-0.15, -0.1) is 0 Å². The lowest BCUT2D eigenvalue weighted by atomic mass is 9.84. The van der Waals surface area contributed by atoms with Crippen molar-refractivity contribution >= 4 is 0 Å². The molecule has 2 N–H and O–H groups in total. The number of likely N-dealkylation sites (tertiary alicyclic amines) is 1. The second-order valence-electron chi connectivity index (χ2n) is 5.99. The van der Waals surface area contributed by atoms with E-state index in [1.165, 1.54) is 36.9 Å². The number of benzene rings is 1. The molecule has 2 rings (SSSR count). The fraction of sp³-hybridized carbons (Fsp3) is 0.667. The molecule has 0 saturated carbocycles. The minimum atomic E-state index is 0.430. The lowest BCUT2D eigenvalue weighted by Crippen LogP contribution is -2.45. The standard InChI is InChI=1S/C18H30N2O/c1-4-20-11-7-6-8-17(20)16(13-19)15-9-10-18(21-5-2)14(3)12-15/h9-10,12,16-17H,4-8,11,13,19H2,1-3H3. The van der Waals surface area contributed by atoms with Crippen molar-refractivity contribution in [3.63, 3.8) is 0 Å². The van der Waals surface area contributed by atoms with E-state index in [4.69, 9.17) is 10.5 Å². The first kappa shape index (κ1) is 16.3. The molecule has 1 aromatic carbocycles. The van der Waals surface area contributed by atoms with Gasteiger partial charge in [-0.2, -0.15) is 0 Å². The number of ether oxygens (including phenoxy) is 1. The van der Waals surface area contributed by atoms with Crippen molar-refractivity contribution in [1.29, 1.82) is 0 Å². The van der Waals surface area contributed by atoms with Crippen molar-refractivity contribution in [1.82, 2.24) is 4.90 Å². The van der Waals surface area contributed by atoms with E-state index in [0.29, 0.717) is 25.1 Å². The topological polar surface area (TPSA) is 38.5 Å². The molecule has 21 heavy (non-hydrogen) atoms. The van der Waals surface area contributed by atoms with Crippen LogP contribution in [-0.2, 0) is 0 Å². The molecule has 2 unspecified atom stereocenters. The molecular formula is C18H30N2O. The lowest BCUT2D eigenvalue weighted by Gasteiger charge is -2.40. The highest BCUT2D eigenvalue weighted by atomic mass is 16.5. The van der Waals surface area contributed by atoms with Crippen molar-refractivity contribution < 1.29 is 4.74 Å². The smallest absolute Gasteiger partial charge is 0.122 e. The molecule has 1 aliphatic rings. The van der Waals surface area contributed by atoms with Gasteiger partial charge in [0.15, 0.2) is 0 Å². The van der Waals surface area contributed by atoms with Gasteiger partial charge in [0.1, 0.15) is 5.75 Å². The zero-order valence-corrected chi connectivity index (χ0v) is 13.8. The van der Waals surface area contributed by atoms with E-state index in [9.17, 15) is 0 Å². The number of likely N-dealkylation sites (N-methyl/N-ethyl adjacent to an activating group) is 1. The molecule has 1 fully saturated rings. The molecule has 1 aromatic rings. The molecule has 1 heterocycles. The molecule has 2 atom stereocenters. The van der Waals surface area contributed by atoms with Crippen LogP contribution in [0.5, 0.6) is 5.75 Å². The zero-order valence-electron chi connectivity index (χ0n) is 13.8. The van der Waals surface area contributed by atoms with Gasteiger partial charge >= 0.3 is 0 Å². The molecule has 0 radical (unpaired) electrons. The Hall–Kier alpha value is -1.06. The van der Waals surface area contributed by atoms with Gasteiger partial charge in [-0.1, -0.05) is 25.5 Å². The van der Waals surface area contributed by atoms with Gasteiger partial charge in [-0.3, -0.25) is 0 Å². The Kier molecular flexibility index (Phi) is 6.07. The van der Waals surface area contributed by atoms with E-state index in [2.05, 4.69) is 36.9 Å². The summed E-state index contributed by atoms with van der Waals surface area (Å²) in [6, 6.07) is 7.17. The van der Waals surface area contributed by atoms with Crippen molar-refractivity contribution in [2.24, 2.45) is 5.73 Å². The first-order valence-corrected chi connectivity index (χ1v) is 8.38. The summed E-state index contributed by atoms with van der Waals surface area (Å²) >= 11 is 0. The molecule has 0 bridgehead atoms. The Labute approximate surface area is 129 Å². The van der Waals surface area contributed by atoms with Crippen LogP contribution >= 0.6 is 0 Å². The van der Waals surface area contributed by atoms with Crippen LogP contribution in [0.15, 0.2) is 18.2 Å². The Morgan fingerprint density at radius 1 is 1.33 bits per heavy atom. The summed E-state index contributed by atoms with van der Waals surface area (Å²) < 4.78 is 5.65. The predicted octanol–water partition coefficient (Wildman–Crippen LogP) is 3.31. The maximum Gasteiger partial charge on any atom is 0.122 e. The fourth-order valence-electron chi connectivity index (χ4n) is 3.60. The largest absolute Gasteiger partial charge is 0.494 e. The summed E-state index contributed by atoms with van der Waals surface area (Å²) in [6.07, 6.45) is 3.92. The summed E-state index contributed by atoms with van der Waals surface area (Å²) in [7, 11) is 0. The average molecular weight is 290 g/mol. The van der Waals surface area contributed by atoms with Crippen molar-refractivity contribution in [2.75, 3.05) is 26.2 Å². The van der Waals surface area contributed by atoms with E-state index in [0.717, 1.165) is 12.3 Å². The van der Waals surface area contributed by atoms with Gasteiger partial charge < -0.3 is 15.4 Å². The molecule has 3 heteroatoms. The Balaban J connectivity index is 2.21. The normalized spacial score (nSPS) is 21.2. The van der Waals surface area contributed by atoms with Gasteiger partial charge in [0.05, 0.1) is 6.61 Å². The quantitative estimate of drug-likeness (QED) is 0.873. The first-order valence-electron chi connectivity index (χ1n) is 8.38. The molecule has 0 aliphatic carbocycles. The molecule has 1 saturated heterocycles. The summed E-state index contributed by atoms with van der Waals surface area (Å²) in [5.41, 5.74) is 8.72. The fourth-order valence-corrected chi connectivity index (χ4v) is 3.60. The highest BCUT2D eigenvalue weighted by Crippen LogP contribution is 2.32. The van der Waals surface area contributed by atoms with Crippen LogP contribution in [0.3, 0.4) is 0 Å². The van der Waals surface area contributed by atoms with Crippen LogP contribution in [0.2, 0.25) is 0 Å². The van der Waals surface area contributed by atoms with Gasteiger partial charge in [-0.25, -0.2) is 0 Å². The first-order chi connectivity index (χ1) is 10.2. The number of aryl methyl sites for hydroxylation is 1. The zero-order chi connectivity index (χ0) is 15.2. The highest BCUT2D eigenvalue weighted by molar-refractivity contribution is 5.38. The third-order valence-electron chi connectivity index (χ3n) is 4.72. The molecular weight excluding hydrogens is 260 g/mol. The minimum absolute atomic E-state index is 0.430. The molecule has 118 valence electrons. The number of piperidine rings is 1. The molecule has 0 amide bonds. The van der Waals surface area contributed by atoms with E-state index in [1.807, 2.05) is 6.92 Å². The van der Waals surface area contributed by atoms with E-state index in [1.54, 1.807) is 0 Å². The second-order valence-corrected chi connectivity index (χ2v) is 5.99. The Morgan fingerprint density at radius 3 is 2.76 bits per heavy atom. The number of hydrogen-bond donors (Lipinski definition) is 1. The highest BCUT2D eigenvalue weighted by Gasteiger charge is 2.29. The Morgan fingerprint density at radius 2 is 2.14 bits per heavy atom. The number of nitrogens with two attached hydrogens (primary N) is 1. The van der Waals surface area contributed by atoms with Crippen LogP contribution < -0.4 is 10.5 Å². The second kappa shape index (κ2) is 7.81. The van der Waals surface area contributed by atoms with Crippen LogP contribution in [0.4, 0.5) is 0 Å². The van der Waals surface area contributed by atoms with Crippen LogP contribution in [-0.4, -0.2) is 37.2 Å². The van der Waals surface area contributed by atoms with Crippen molar-refractivity contribution in [3.05, 3.63) is 29.3 Å². The predicted molar refractivity (Wildman–Crippen MR) is 89.0 cm³/mol. The molecule has 1 aliphatic heterocycles. The molecule has 0 aromatic heterocycles. The summed E-state index contributed by atoms with van der Waals surface area (Å²) in [4.78, 5) is 2.60. The SMILES string of the molecule is CCOc1ccc(C(CN)C2CCCCN2CC)cc1C. The van der Waals surface area contributed by atoms with Gasteiger partial charge in [-0.05, 0) is 57.0 Å².